The van der Waals surface area contributed by atoms with Crippen molar-refractivity contribution >= 4 is 5.65 Å². The summed E-state index contributed by atoms with van der Waals surface area (Å²) in [6.07, 6.45) is 2.82. The van der Waals surface area contributed by atoms with E-state index in [-0.39, 0.29) is 12.4 Å². The standard InChI is InChI=1S/C12H9FN2O2/c13-8-3-4-11-14-12(10-2-1-5-17-10)9(7-16)15(11)6-8/h1-6,16H,7H2. The first kappa shape index (κ1) is 10.0. The number of halogens is 1. The van der Waals surface area contributed by atoms with Gasteiger partial charge in [0.1, 0.15) is 17.2 Å². The lowest BCUT2D eigenvalue weighted by Gasteiger charge is -1.99. The van der Waals surface area contributed by atoms with Crippen LogP contribution in [0.25, 0.3) is 17.1 Å². The molecule has 3 heterocycles. The van der Waals surface area contributed by atoms with E-state index in [0.29, 0.717) is 22.8 Å². The number of aromatic nitrogens is 2. The van der Waals surface area contributed by atoms with Crippen LogP contribution >= 0.6 is 0 Å². The van der Waals surface area contributed by atoms with E-state index < -0.39 is 0 Å². The van der Waals surface area contributed by atoms with Crippen molar-refractivity contribution < 1.29 is 13.9 Å². The monoisotopic (exact) mass is 232 g/mol. The van der Waals surface area contributed by atoms with Gasteiger partial charge in [-0.3, -0.25) is 4.40 Å². The van der Waals surface area contributed by atoms with Gasteiger partial charge in [0, 0.05) is 6.20 Å². The topological polar surface area (TPSA) is 50.7 Å². The summed E-state index contributed by atoms with van der Waals surface area (Å²) >= 11 is 0. The minimum absolute atomic E-state index is 0.235. The van der Waals surface area contributed by atoms with Crippen LogP contribution in [0.3, 0.4) is 0 Å². The van der Waals surface area contributed by atoms with Crippen LogP contribution in [-0.4, -0.2) is 14.5 Å². The highest BCUT2D eigenvalue weighted by Crippen LogP contribution is 2.25. The van der Waals surface area contributed by atoms with Gasteiger partial charge >= 0.3 is 0 Å². The predicted molar refractivity (Wildman–Crippen MR) is 58.8 cm³/mol. The maximum absolute atomic E-state index is 13.2. The van der Waals surface area contributed by atoms with E-state index in [0.717, 1.165) is 0 Å². The number of imidazole rings is 1. The molecule has 4 nitrogen and oxygen atoms in total. The van der Waals surface area contributed by atoms with Gasteiger partial charge in [-0.2, -0.15) is 0 Å². The molecule has 0 fully saturated rings. The van der Waals surface area contributed by atoms with E-state index in [1.807, 2.05) is 0 Å². The van der Waals surface area contributed by atoms with Gasteiger partial charge < -0.3 is 9.52 Å². The summed E-state index contributed by atoms with van der Waals surface area (Å²) in [4.78, 5) is 4.31. The van der Waals surface area contributed by atoms with Gasteiger partial charge in [0.15, 0.2) is 5.76 Å². The van der Waals surface area contributed by atoms with Crippen molar-refractivity contribution in [2.75, 3.05) is 0 Å². The Balaban J connectivity index is 2.32. The Hall–Kier alpha value is -2.14. The minimum Gasteiger partial charge on any atom is -0.463 e. The zero-order valence-corrected chi connectivity index (χ0v) is 8.80. The molecule has 0 saturated heterocycles. The van der Waals surface area contributed by atoms with Crippen molar-refractivity contribution in [2.24, 2.45) is 0 Å². The van der Waals surface area contributed by atoms with Gasteiger partial charge in [0.2, 0.25) is 0 Å². The lowest BCUT2D eigenvalue weighted by molar-refractivity contribution is 0.276. The molecule has 0 bridgehead atoms. The van der Waals surface area contributed by atoms with E-state index in [4.69, 9.17) is 4.42 Å². The Morgan fingerprint density at radius 2 is 2.24 bits per heavy atom. The molecule has 3 rings (SSSR count). The molecule has 3 aromatic rings. The van der Waals surface area contributed by atoms with Crippen LogP contribution in [0.5, 0.6) is 0 Å². The Labute approximate surface area is 95.9 Å². The number of pyridine rings is 1. The number of nitrogens with zero attached hydrogens (tertiary/aromatic N) is 2. The van der Waals surface area contributed by atoms with E-state index in [2.05, 4.69) is 4.98 Å². The van der Waals surface area contributed by atoms with Crippen LogP contribution in [0.2, 0.25) is 0 Å². The summed E-state index contributed by atoms with van der Waals surface area (Å²) < 4.78 is 19.9. The highest BCUT2D eigenvalue weighted by molar-refractivity contribution is 5.61. The van der Waals surface area contributed by atoms with E-state index in [1.54, 1.807) is 18.2 Å². The quantitative estimate of drug-likeness (QED) is 0.737. The lowest BCUT2D eigenvalue weighted by Crippen LogP contribution is -1.94. The number of hydrogen-bond donors (Lipinski definition) is 1. The molecule has 0 radical (unpaired) electrons. The fourth-order valence-corrected chi connectivity index (χ4v) is 1.83. The average molecular weight is 232 g/mol. The second kappa shape index (κ2) is 3.71. The van der Waals surface area contributed by atoms with Gasteiger partial charge in [0.25, 0.3) is 0 Å². The van der Waals surface area contributed by atoms with Crippen molar-refractivity contribution in [1.82, 2.24) is 9.38 Å². The summed E-state index contributed by atoms with van der Waals surface area (Å²) in [5.41, 5.74) is 1.61. The SMILES string of the molecule is OCc1c(-c2ccco2)nc2ccc(F)cn12. The van der Waals surface area contributed by atoms with Gasteiger partial charge in [-0.1, -0.05) is 0 Å². The molecule has 0 aliphatic rings. The summed E-state index contributed by atoms with van der Waals surface area (Å²) in [6.45, 7) is -0.235. The minimum atomic E-state index is -0.379. The van der Waals surface area contributed by atoms with Crippen molar-refractivity contribution in [3.8, 4) is 11.5 Å². The molecule has 1 N–H and O–H groups in total. The molecule has 0 spiro atoms. The normalized spacial score (nSPS) is 11.2. The molecule has 0 unspecified atom stereocenters. The number of rotatable bonds is 2. The van der Waals surface area contributed by atoms with Gasteiger partial charge in [-0.05, 0) is 24.3 Å². The first-order valence-corrected chi connectivity index (χ1v) is 5.11. The number of fused-ring (bicyclic) bond motifs is 1. The number of furan rings is 1. The third-order valence-corrected chi connectivity index (χ3v) is 2.59. The first-order valence-electron chi connectivity index (χ1n) is 5.11. The van der Waals surface area contributed by atoms with Gasteiger partial charge in [-0.15, -0.1) is 0 Å². The Bertz CT molecular complexity index is 659. The Morgan fingerprint density at radius 3 is 2.94 bits per heavy atom. The molecule has 0 amide bonds. The molecule has 0 aliphatic carbocycles. The molecule has 0 aromatic carbocycles. The number of hydrogen-bond acceptors (Lipinski definition) is 3. The predicted octanol–water partition coefficient (Wildman–Crippen LogP) is 2.23. The Kier molecular flexibility index (Phi) is 2.19. The zero-order valence-electron chi connectivity index (χ0n) is 8.80. The summed E-state index contributed by atoms with van der Waals surface area (Å²) in [5, 5.41) is 9.37. The molecule has 0 saturated carbocycles. The van der Waals surface area contributed by atoms with Gasteiger partial charge in [-0.25, -0.2) is 9.37 Å². The third kappa shape index (κ3) is 1.52. The van der Waals surface area contributed by atoms with Crippen molar-refractivity contribution in [2.45, 2.75) is 6.61 Å². The molecule has 86 valence electrons. The lowest BCUT2D eigenvalue weighted by atomic mass is 10.2. The van der Waals surface area contributed by atoms with Crippen molar-refractivity contribution in [3.63, 3.8) is 0 Å². The average Bonchev–Trinajstić information content (AvgIpc) is 2.94. The van der Waals surface area contributed by atoms with E-state index >= 15 is 0 Å². The smallest absolute Gasteiger partial charge is 0.154 e. The Morgan fingerprint density at radius 1 is 1.35 bits per heavy atom. The van der Waals surface area contributed by atoms with E-state index in [1.165, 1.54) is 22.9 Å². The highest BCUT2D eigenvalue weighted by Gasteiger charge is 2.15. The summed E-state index contributed by atoms with van der Waals surface area (Å²) in [5.74, 6) is 0.175. The maximum atomic E-state index is 13.2. The zero-order chi connectivity index (χ0) is 11.8. The molecular weight excluding hydrogens is 223 g/mol. The fraction of sp³-hybridized carbons (Fsp3) is 0.0833. The molecular formula is C12H9FN2O2. The van der Waals surface area contributed by atoms with Crippen LogP contribution in [0.15, 0.2) is 41.1 Å². The second-order valence-electron chi connectivity index (χ2n) is 3.62. The second-order valence-corrected chi connectivity index (χ2v) is 3.62. The molecule has 5 heteroatoms. The van der Waals surface area contributed by atoms with Crippen LogP contribution in [0.1, 0.15) is 5.69 Å². The van der Waals surface area contributed by atoms with Gasteiger partial charge in [0.05, 0.1) is 18.6 Å². The van der Waals surface area contributed by atoms with E-state index in [9.17, 15) is 9.50 Å². The van der Waals surface area contributed by atoms with Crippen LogP contribution < -0.4 is 0 Å². The molecule has 3 aromatic heterocycles. The fourth-order valence-electron chi connectivity index (χ4n) is 1.83. The van der Waals surface area contributed by atoms with Crippen LogP contribution in [0, 0.1) is 5.82 Å². The summed E-state index contributed by atoms with van der Waals surface area (Å²) in [6, 6.07) is 6.37. The largest absolute Gasteiger partial charge is 0.463 e. The molecule has 0 aliphatic heterocycles. The van der Waals surface area contributed by atoms with Crippen molar-refractivity contribution in [1.29, 1.82) is 0 Å². The number of aliphatic hydroxyl groups is 1. The maximum Gasteiger partial charge on any atom is 0.154 e. The molecule has 17 heavy (non-hydrogen) atoms. The van der Waals surface area contributed by atoms with Crippen LogP contribution in [-0.2, 0) is 6.61 Å². The number of aliphatic hydroxyl groups excluding tert-OH is 1. The summed E-state index contributed by atoms with van der Waals surface area (Å²) in [7, 11) is 0. The van der Waals surface area contributed by atoms with Crippen molar-refractivity contribution in [3.05, 3.63) is 48.2 Å². The van der Waals surface area contributed by atoms with Crippen LogP contribution in [0.4, 0.5) is 4.39 Å². The molecule has 0 atom stereocenters. The highest BCUT2D eigenvalue weighted by atomic mass is 19.1. The first-order chi connectivity index (χ1) is 8.29. The third-order valence-electron chi connectivity index (χ3n) is 2.59.